The zero-order chi connectivity index (χ0) is 28.0. The van der Waals surface area contributed by atoms with E-state index in [9.17, 15) is 21.6 Å². The maximum Gasteiger partial charge on any atom is 0.264 e. The fourth-order valence-electron chi connectivity index (χ4n) is 3.67. The molecular formula is C28H27N3O6S2. The zero-order valence-electron chi connectivity index (χ0n) is 21.2. The Hall–Kier alpha value is -4.35. The van der Waals surface area contributed by atoms with Gasteiger partial charge in [0.2, 0.25) is 5.91 Å². The van der Waals surface area contributed by atoms with Crippen molar-refractivity contribution in [3.8, 4) is 5.75 Å². The molecule has 0 aromatic heterocycles. The van der Waals surface area contributed by atoms with Gasteiger partial charge in [0.05, 0.1) is 22.6 Å². The van der Waals surface area contributed by atoms with E-state index in [0.29, 0.717) is 22.8 Å². The van der Waals surface area contributed by atoms with Crippen LogP contribution in [0.4, 0.5) is 17.1 Å². The van der Waals surface area contributed by atoms with Crippen LogP contribution in [-0.2, 0) is 24.8 Å². The molecule has 2 N–H and O–H groups in total. The predicted molar refractivity (Wildman–Crippen MR) is 151 cm³/mol. The lowest BCUT2D eigenvalue weighted by atomic mass is 10.2. The molecule has 0 spiro atoms. The second-order valence-corrected chi connectivity index (χ2v) is 12.1. The van der Waals surface area contributed by atoms with Gasteiger partial charge in [-0.25, -0.2) is 16.8 Å². The van der Waals surface area contributed by atoms with Gasteiger partial charge < -0.3 is 10.1 Å². The molecule has 0 radical (unpaired) electrons. The molecular weight excluding hydrogens is 538 g/mol. The van der Waals surface area contributed by atoms with E-state index in [1.807, 2.05) is 6.92 Å². The Labute approximate surface area is 228 Å². The number of para-hydroxylation sites is 1. The van der Waals surface area contributed by atoms with E-state index >= 15 is 0 Å². The third-order valence-electron chi connectivity index (χ3n) is 5.73. The van der Waals surface area contributed by atoms with E-state index in [1.54, 1.807) is 54.6 Å². The van der Waals surface area contributed by atoms with Gasteiger partial charge in [0.1, 0.15) is 12.3 Å². The van der Waals surface area contributed by atoms with Crippen molar-refractivity contribution in [2.45, 2.75) is 16.7 Å². The van der Waals surface area contributed by atoms with Gasteiger partial charge in [-0.1, -0.05) is 35.9 Å². The molecule has 0 bridgehead atoms. The maximum atomic E-state index is 13.5. The molecule has 0 heterocycles. The highest BCUT2D eigenvalue weighted by atomic mass is 32.2. The van der Waals surface area contributed by atoms with Gasteiger partial charge in [0.15, 0.2) is 0 Å². The van der Waals surface area contributed by atoms with E-state index in [4.69, 9.17) is 4.74 Å². The molecule has 0 unspecified atom stereocenters. The lowest BCUT2D eigenvalue weighted by Crippen LogP contribution is -2.38. The molecule has 4 aromatic rings. The molecule has 11 heteroatoms. The Bertz CT molecular complexity index is 1640. The number of aryl methyl sites for hydroxylation is 1. The highest BCUT2D eigenvalue weighted by molar-refractivity contribution is 7.93. The van der Waals surface area contributed by atoms with Crippen LogP contribution < -0.4 is 19.1 Å². The number of rotatable bonds is 10. The van der Waals surface area contributed by atoms with Crippen LogP contribution in [0.5, 0.6) is 5.75 Å². The third-order valence-corrected chi connectivity index (χ3v) is 8.92. The van der Waals surface area contributed by atoms with Crippen LogP contribution in [0.15, 0.2) is 113 Å². The summed E-state index contributed by atoms with van der Waals surface area (Å²) in [5.41, 5.74) is 1.98. The lowest BCUT2D eigenvalue weighted by molar-refractivity contribution is -0.114. The van der Waals surface area contributed by atoms with Gasteiger partial charge in [0, 0.05) is 11.4 Å². The molecule has 9 nitrogen and oxygen atoms in total. The largest absolute Gasteiger partial charge is 0.497 e. The molecule has 0 aliphatic carbocycles. The average Bonchev–Trinajstić information content (AvgIpc) is 2.93. The summed E-state index contributed by atoms with van der Waals surface area (Å²) in [4.78, 5) is 13.0. The average molecular weight is 566 g/mol. The standard InChI is InChI=1S/C28H27N3O6S2/c1-21-8-12-24(13-9-21)31(39(35,36)27-18-14-25(37-2)15-19-27)20-28(32)29-22-10-16-26(17-11-22)38(33,34)30-23-6-4-3-5-7-23/h3-19,30H,20H2,1-2H3,(H,29,32). The molecule has 0 saturated heterocycles. The second kappa shape index (κ2) is 11.6. The number of nitrogens with zero attached hydrogens (tertiary/aromatic N) is 1. The summed E-state index contributed by atoms with van der Waals surface area (Å²) in [6.45, 7) is 1.37. The Balaban J connectivity index is 1.53. The molecule has 4 aromatic carbocycles. The second-order valence-electron chi connectivity index (χ2n) is 8.57. The lowest BCUT2D eigenvalue weighted by Gasteiger charge is -2.24. The quantitative estimate of drug-likeness (QED) is 0.289. The summed E-state index contributed by atoms with van der Waals surface area (Å²) < 4.78 is 61.0. The van der Waals surface area contributed by atoms with Crippen LogP contribution in [0.1, 0.15) is 5.56 Å². The summed E-state index contributed by atoms with van der Waals surface area (Å²) >= 11 is 0. The number of carbonyl (C=O) groups is 1. The van der Waals surface area contributed by atoms with E-state index in [2.05, 4.69) is 10.0 Å². The van der Waals surface area contributed by atoms with Crippen LogP contribution >= 0.6 is 0 Å². The van der Waals surface area contributed by atoms with Crippen molar-refractivity contribution in [3.05, 3.63) is 109 Å². The topological polar surface area (TPSA) is 122 Å². The van der Waals surface area contributed by atoms with Gasteiger partial charge in [-0.2, -0.15) is 0 Å². The fraction of sp³-hybridized carbons (Fsp3) is 0.107. The number of methoxy groups -OCH3 is 1. The molecule has 0 aliphatic heterocycles. The molecule has 0 fully saturated rings. The third kappa shape index (κ3) is 6.75. The first kappa shape index (κ1) is 27.7. The normalized spacial score (nSPS) is 11.4. The summed E-state index contributed by atoms with van der Waals surface area (Å²) in [6, 6.07) is 26.7. The van der Waals surface area contributed by atoms with Gasteiger partial charge in [-0.3, -0.25) is 13.8 Å². The SMILES string of the molecule is COc1ccc(S(=O)(=O)N(CC(=O)Nc2ccc(S(=O)(=O)Nc3ccccc3)cc2)c2ccc(C)cc2)cc1. The molecule has 0 saturated carbocycles. The Morgan fingerprint density at radius 3 is 1.92 bits per heavy atom. The number of amides is 1. The minimum absolute atomic E-state index is 0.00264. The van der Waals surface area contributed by atoms with Gasteiger partial charge in [0.25, 0.3) is 20.0 Å². The highest BCUT2D eigenvalue weighted by Crippen LogP contribution is 2.26. The van der Waals surface area contributed by atoms with Crippen LogP contribution in [0, 0.1) is 6.92 Å². The minimum atomic E-state index is -4.11. The van der Waals surface area contributed by atoms with Crippen LogP contribution in [0.25, 0.3) is 0 Å². The van der Waals surface area contributed by atoms with Crippen molar-refractivity contribution in [1.29, 1.82) is 0 Å². The summed E-state index contributed by atoms with van der Waals surface area (Å²) in [7, 11) is -6.46. The number of carbonyl (C=O) groups excluding carboxylic acids is 1. The Kier molecular flexibility index (Phi) is 8.22. The number of anilines is 3. The van der Waals surface area contributed by atoms with E-state index < -0.39 is 32.5 Å². The first-order chi connectivity index (χ1) is 18.6. The molecule has 0 aliphatic rings. The molecule has 39 heavy (non-hydrogen) atoms. The van der Waals surface area contributed by atoms with E-state index in [0.717, 1.165) is 9.87 Å². The number of nitrogens with one attached hydrogen (secondary N) is 2. The van der Waals surface area contributed by atoms with Crippen LogP contribution in [0.2, 0.25) is 0 Å². The summed E-state index contributed by atoms with van der Waals surface area (Å²) in [5, 5.41) is 2.64. The number of ether oxygens (including phenoxy) is 1. The zero-order valence-corrected chi connectivity index (χ0v) is 22.9. The van der Waals surface area contributed by atoms with E-state index in [-0.39, 0.29) is 9.79 Å². The number of hydrogen-bond donors (Lipinski definition) is 2. The number of benzene rings is 4. The highest BCUT2D eigenvalue weighted by Gasteiger charge is 2.27. The van der Waals surface area contributed by atoms with Crippen molar-refractivity contribution in [2.75, 3.05) is 28.0 Å². The summed E-state index contributed by atoms with van der Waals surface area (Å²) in [5.74, 6) is -0.108. The van der Waals surface area contributed by atoms with Crippen molar-refractivity contribution >= 4 is 43.0 Å². The van der Waals surface area contributed by atoms with Gasteiger partial charge >= 0.3 is 0 Å². The molecule has 0 atom stereocenters. The van der Waals surface area contributed by atoms with E-state index in [1.165, 1.54) is 55.6 Å². The summed E-state index contributed by atoms with van der Waals surface area (Å²) in [6.07, 6.45) is 0. The maximum absolute atomic E-state index is 13.5. The first-order valence-electron chi connectivity index (χ1n) is 11.8. The van der Waals surface area contributed by atoms with Crippen LogP contribution in [-0.4, -0.2) is 36.4 Å². The Morgan fingerprint density at radius 2 is 1.33 bits per heavy atom. The molecule has 1 amide bonds. The van der Waals surface area contributed by atoms with Gasteiger partial charge in [-0.05, 0) is 79.7 Å². The van der Waals surface area contributed by atoms with Crippen molar-refractivity contribution in [1.82, 2.24) is 0 Å². The first-order valence-corrected chi connectivity index (χ1v) is 14.7. The molecule has 4 rings (SSSR count). The van der Waals surface area contributed by atoms with Gasteiger partial charge in [-0.15, -0.1) is 0 Å². The molecule has 202 valence electrons. The van der Waals surface area contributed by atoms with Crippen LogP contribution in [0.3, 0.4) is 0 Å². The van der Waals surface area contributed by atoms with Crippen molar-refractivity contribution in [3.63, 3.8) is 0 Å². The number of hydrogen-bond acceptors (Lipinski definition) is 6. The number of sulfonamides is 2. The van der Waals surface area contributed by atoms with Crippen molar-refractivity contribution < 1.29 is 26.4 Å². The fourth-order valence-corrected chi connectivity index (χ4v) is 6.15. The predicted octanol–water partition coefficient (Wildman–Crippen LogP) is 4.64. The smallest absolute Gasteiger partial charge is 0.264 e. The monoisotopic (exact) mass is 565 g/mol. The Morgan fingerprint density at radius 1 is 0.744 bits per heavy atom. The minimum Gasteiger partial charge on any atom is -0.497 e. The van der Waals surface area contributed by atoms with Crippen molar-refractivity contribution in [2.24, 2.45) is 0 Å².